The topological polar surface area (TPSA) is 12.0 Å². The first kappa shape index (κ1) is 15.4. The summed E-state index contributed by atoms with van der Waals surface area (Å²) in [7, 11) is 1.75. The molecule has 2 rings (SSSR count). The Morgan fingerprint density at radius 3 is 2.40 bits per heavy atom. The molecule has 0 aromatic heterocycles. The lowest BCUT2D eigenvalue weighted by molar-refractivity contribution is 0.515. The van der Waals surface area contributed by atoms with Crippen LogP contribution in [0.1, 0.15) is 17.2 Å². The third-order valence-corrected chi connectivity index (χ3v) is 3.78. The summed E-state index contributed by atoms with van der Waals surface area (Å²) in [5, 5.41) is 3.64. The van der Waals surface area contributed by atoms with Gasteiger partial charge in [-0.15, -0.1) is 0 Å². The molecule has 0 aliphatic rings. The maximum absolute atomic E-state index is 13.7. The molecule has 1 atom stereocenters. The molecular formula is C15H13BrClF2N. The largest absolute Gasteiger partial charge is 0.313 e. The van der Waals surface area contributed by atoms with Gasteiger partial charge in [0.2, 0.25) is 0 Å². The van der Waals surface area contributed by atoms with Crippen LogP contribution in [-0.2, 0) is 6.42 Å². The van der Waals surface area contributed by atoms with Crippen LogP contribution in [0.3, 0.4) is 0 Å². The van der Waals surface area contributed by atoms with Crippen LogP contribution in [0.2, 0.25) is 5.02 Å². The highest BCUT2D eigenvalue weighted by Gasteiger charge is 2.17. The molecule has 5 heteroatoms. The Kier molecular flexibility index (Phi) is 5.13. The lowest BCUT2D eigenvalue weighted by atomic mass is 9.98. The standard InChI is InChI=1S/C15H13BrClF2N/c1-20-15(9-5-10(16)7-11(17)6-9)8-12-13(18)3-2-4-14(12)19/h2-7,15,20H,8H2,1H3. The van der Waals surface area contributed by atoms with Crippen LogP contribution >= 0.6 is 27.5 Å². The number of halogens is 4. The molecular weight excluding hydrogens is 348 g/mol. The zero-order chi connectivity index (χ0) is 14.7. The predicted molar refractivity (Wildman–Crippen MR) is 81.0 cm³/mol. The van der Waals surface area contributed by atoms with Crippen molar-refractivity contribution >= 4 is 27.5 Å². The third kappa shape index (κ3) is 3.57. The molecule has 0 bridgehead atoms. The van der Waals surface area contributed by atoms with Gasteiger partial charge < -0.3 is 5.32 Å². The van der Waals surface area contributed by atoms with Crippen molar-refractivity contribution < 1.29 is 8.78 Å². The third-order valence-electron chi connectivity index (χ3n) is 3.11. The second-order valence-electron chi connectivity index (χ2n) is 4.45. The molecule has 1 N–H and O–H groups in total. The van der Waals surface area contributed by atoms with Crippen LogP contribution in [0.25, 0.3) is 0 Å². The van der Waals surface area contributed by atoms with E-state index in [0.29, 0.717) is 5.02 Å². The van der Waals surface area contributed by atoms with E-state index in [9.17, 15) is 8.78 Å². The van der Waals surface area contributed by atoms with Crippen molar-refractivity contribution in [1.29, 1.82) is 0 Å². The van der Waals surface area contributed by atoms with E-state index in [0.717, 1.165) is 10.0 Å². The zero-order valence-corrected chi connectivity index (χ0v) is 13.1. The van der Waals surface area contributed by atoms with Gasteiger partial charge in [-0.25, -0.2) is 8.78 Å². The Hall–Kier alpha value is -0.970. The normalized spacial score (nSPS) is 12.4. The Bertz CT molecular complexity index is 578. The van der Waals surface area contributed by atoms with Gasteiger partial charge in [0, 0.05) is 21.1 Å². The molecule has 0 amide bonds. The molecule has 1 nitrogen and oxygen atoms in total. The summed E-state index contributed by atoms with van der Waals surface area (Å²) in [5.74, 6) is -1.07. The van der Waals surface area contributed by atoms with Crippen molar-refractivity contribution in [3.63, 3.8) is 0 Å². The molecule has 0 radical (unpaired) electrons. The van der Waals surface area contributed by atoms with Gasteiger partial charge in [-0.2, -0.15) is 0 Å². The first-order valence-electron chi connectivity index (χ1n) is 6.07. The number of hydrogen-bond donors (Lipinski definition) is 1. The first-order chi connectivity index (χ1) is 9.51. The maximum Gasteiger partial charge on any atom is 0.129 e. The Morgan fingerprint density at radius 2 is 1.85 bits per heavy atom. The van der Waals surface area contributed by atoms with Gasteiger partial charge in [-0.1, -0.05) is 33.6 Å². The van der Waals surface area contributed by atoms with Crippen LogP contribution in [0.4, 0.5) is 8.78 Å². The van der Waals surface area contributed by atoms with Crippen molar-refractivity contribution in [2.75, 3.05) is 7.05 Å². The van der Waals surface area contributed by atoms with E-state index in [4.69, 9.17) is 11.6 Å². The van der Waals surface area contributed by atoms with Crippen LogP contribution < -0.4 is 5.32 Å². The molecule has 0 aliphatic carbocycles. The average molecular weight is 361 g/mol. The second kappa shape index (κ2) is 6.66. The molecule has 2 aromatic carbocycles. The van der Waals surface area contributed by atoms with Crippen molar-refractivity contribution in [2.24, 2.45) is 0 Å². The van der Waals surface area contributed by atoms with Crippen LogP contribution in [0.15, 0.2) is 40.9 Å². The fourth-order valence-corrected chi connectivity index (χ4v) is 2.98. The molecule has 0 saturated heterocycles. The number of benzene rings is 2. The molecule has 106 valence electrons. The summed E-state index contributed by atoms with van der Waals surface area (Å²) in [6.07, 6.45) is 0.210. The predicted octanol–water partition coefficient (Wildman–Crippen LogP) is 4.88. The van der Waals surface area contributed by atoms with Gasteiger partial charge in [-0.05, 0) is 49.4 Å². The monoisotopic (exact) mass is 359 g/mol. The van der Waals surface area contributed by atoms with E-state index in [1.807, 2.05) is 6.07 Å². The van der Waals surface area contributed by atoms with E-state index in [2.05, 4.69) is 21.2 Å². The Labute approximate surface area is 130 Å². The first-order valence-corrected chi connectivity index (χ1v) is 7.24. The summed E-state index contributed by atoms with van der Waals surface area (Å²) in [5.41, 5.74) is 0.942. The molecule has 0 spiro atoms. The number of hydrogen-bond acceptors (Lipinski definition) is 1. The number of rotatable bonds is 4. The number of likely N-dealkylation sites (N-methyl/N-ethyl adjacent to an activating group) is 1. The molecule has 0 fully saturated rings. The van der Waals surface area contributed by atoms with Crippen molar-refractivity contribution in [2.45, 2.75) is 12.5 Å². The SMILES string of the molecule is CNC(Cc1c(F)cccc1F)c1cc(Cl)cc(Br)c1. The smallest absolute Gasteiger partial charge is 0.129 e. The summed E-state index contributed by atoms with van der Waals surface area (Å²) in [6.45, 7) is 0. The van der Waals surface area contributed by atoms with E-state index in [-0.39, 0.29) is 18.0 Å². The summed E-state index contributed by atoms with van der Waals surface area (Å²) in [6, 6.07) is 9.09. The minimum Gasteiger partial charge on any atom is -0.313 e. The van der Waals surface area contributed by atoms with E-state index in [1.54, 1.807) is 19.2 Å². The summed E-state index contributed by atoms with van der Waals surface area (Å²) >= 11 is 9.38. The molecule has 0 aliphatic heterocycles. The van der Waals surface area contributed by atoms with Gasteiger partial charge in [0.25, 0.3) is 0 Å². The lowest BCUT2D eigenvalue weighted by Crippen LogP contribution is -2.20. The van der Waals surface area contributed by atoms with Crippen molar-refractivity contribution in [3.05, 3.63) is 68.7 Å². The highest BCUT2D eigenvalue weighted by atomic mass is 79.9. The Morgan fingerprint density at radius 1 is 1.20 bits per heavy atom. The molecule has 2 aromatic rings. The minimum absolute atomic E-state index is 0.0722. The molecule has 1 unspecified atom stereocenters. The summed E-state index contributed by atoms with van der Waals surface area (Å²) in [4.78, 5) is 0. The summed E-state index contributed by atoms with van der Waals surface area (Å²) < 4.78 is 28.3. The number of nitrogens with one attached hydrogen (secondary N) is 1. The van der Waals surface area contributed by atoms with E-state index in [1.165, 1.54) is 18.2 Å². The van der Waals surface area contributed by atoms with E-state index >= 15 is 0 Å². The van der Waals surface area contributed by atoms with Gasteiger partial charge in [-0.3, -0.25) is 0 Å². The highest BCUT2D eigenvalue weighted by Crippen LogP contribution is 2.27. The van der Waals surface area contributed by atoms with Gasteiger partial charge in [0.05, 0.1) is 0 Å². The van der Waals surface area contributed by atoms with Crippen molar-refractivity contribution in [3.8, 4) is 0 Å². The van der Waals surface area contributed by atoms with Crippen LogP contribution in [-0.4, -0.2) is 7.05 Å². The molecule has 20 heavy (non-hydrogen) atoms. The van der Waals surface area contributed by atoms with Crippen molar-refractivity contribution in [1.82, 2.24) is 5.32 Å². The fourth-order valence-electron chi connectivity index (χ4n) is 2.09. The van der Waals surface area contributed by atoms with Gasteiger partial charge in [0.15, 0.2) is 0 Å². The van der Waals surface area contributed by atoms with Gasteiger partial charge >= 0.3 is 0 Å². The zero-order valence-electron chi connectivity index (χ0n) is 10.8. The van der Waals surface area contributed by atoms with Crippen LogP contribution in [0, 0.1) is 11.6 Å². The minimum atomic E-state index is -0.536. The van der Waals surface area contributed by atoms with Gasteiger partial charge in [0.1, 0.15) is 11.6 Å². The van der Waals surface area contributed by atoms with Crippen LogP contribution in [0.5, 0.6) is 0 Å². The van der Waals surface area contributed by atoms with E-state index < -0.39 is 11.6 Å². The maximum atomic E-state index is 13.7. The molecule has 0 heterocycles. The lowest BCUT2D eigenvalue weighted by Gasteiger charge is -2.18. The molecule has 0 saturated carbocycles. The fraction of sp³-hybridized carbons (Fsp3) is 0.200. The average Bonchev–Trinajstić information content (AvgIpc) is 2.37. The quantitative estimate of drug-likeness (QED) is 0.819. The second-order valence-corrected chi connectivity index (χ2v) is 5.80. The highest BCUT2D eigenvalue weighted by molar-refractivity contribution is 9.10. The Balaban J connectivity index is 2.33.